The second-order valence-corrected chi connectivity index (χ2v) is 2.21. The zero-order valence-corrected chi connectivity index (χ0v) is 5.91. The Morgan fingerprint density at radius 3 is 3.00 bits per heavy atom. The molecule has 0 N–H and O–H groups in total. The molecule has 0 saturated carbocycles. The Hall–Kier alpha value is -1.44. The van der Waals surface area contributed by atoms with Gasteiger partial charge in [-0.15, -0.1) is 0 Å². The van der Waals surface area contributed by atoms with E-state index in [4.69, 9.17) is 9.47 Å². The molecule has 0 amide bonds. The van der Waals surface area contributed by atoms with Gasteiger partial charge in [-0.2, -0.15) is 0 Å². The van der Waals surface area contributed by atoms with Gasteiger partial charge in [0, 0.05) is 5.56 Å². The molecule has 1 heterocycles. The van der Waals surface area contributed by atoms with Crippen molar-refractivity contribution < 1.29 is 9.47 Å². The van der Waals surface area contributed by atoms with Crippen LogP contribution in [0.25, 0.3) is 6.08 Å². The minimum Gasteiger partial charge on any atom is -0.444 e. The van der Waals surface area contributed by atoms with Crippen LogP contribution < -0.4 is 9.47 Å². The van der Waals surface area contributed by atoms with Crippen molar-refractivity contribution in [1.82, 2.24) is 0 Å². The smallest absolute Gasteiger partial charge is 0.316 e. The number of fused-ring (bicyclic) bond motifs is 1. The molecule has 0 saturated heterocycles. The van der Waals surface area contributed by atoms with Gasteiger partial charge in [0.15, 0.2) is 11.5 Å². The molecule has 0 aliphatic carbocycles. The highest BCUT2D eigenvalue weighted by molar-refractivity contribution is 5.62. The molecule has 2 rings (SSSR count). The molecule has 1 aliphatic rings. The Kier molecular flexibility index (Phi) is 1.32. The first kappa shape index (κ1) is 6.28. The molecular formula is C9H7O2. The summed E-state index contributed by atoms with van der Waals surface area (Å²) in [6, 6.07) is 5.68. The average molecular weight is 147 g/mol. The van der Waals surface area contributed by atoms with Crippen LogP contribution in [-0.4, -0.2) is 0 Å². The summed E-state index contributed by atoms with van der Waals surface area (Å²) in [5, 5.41) is 0. The van der Waals surface area contributed by atoms with Crippen LogP contribution in [0.3, 0.4) is 0 Å². The van der Waals surface area contributed by atoms with Gasteiger partial charge in [0.25, 0.3) is 0 Å². The summed E-state index contributed by atoms with van der Waals surface area (Å²) in [5.41, 5.74) is 0.955. The summed E-state index contributed by atoms with van der Waals surface area (Å²) < 4.78 is 10.1. The molecule has 2 nitrogen and oxygen atoms in total. The van der Waals surface area contributed by atoms with Gasteiger partial charge >= 0.3 is 6.79 Å². The van der Waals surface area contributed by atoms with Crippen molar-refractivity contribution in [3.8, 4) is 11.5 Å². The first-order valence-corrected chi connectivity index (χ1v) is 3.32. The molecular weight excluding hydrogens is 140 g/mol. The van der Waals surface area contributed by atoms with Crippen LogP contribution in [0.5, 0.6) is 11.5 Å². The Morgan fingerprint density at radius 2 is 2.18 bits per heavy atom. The van der Waals surface area contributed by atoms with Crippen molar-refractivity contribution in [2.75, 3.05) is 0 Å². The molecule has 0 atom stereocenters. The maximum Gasteiger partial charge on any atom is 0.316 e. The number of benzene rings is 1. The molecule has 11 heavy (non-hydrogen) atoms. The maximum absolute atomic E-state index is 5.10. The molecule has 55 valence electrons. The predicted molar refractivity (Wildman–Crippen MR) is 42.1 cm³/mol. The van der Waals surface area contributed by atoms with Crippen molar-refractivity contribution in [3.05, 3.63) is 37.1 Å². The zero-order chi connectivity index (χ0) is 7.68. The van der Waals surface area contributed by atoms with Crippen molar-refractivity contribution in [1.29, 1.82) is 0 Å². The van der Waals surface area contributed by atoms with Gasteiger partial charge in [0.1, 0.15) is 0 Å². The fourth-order valence-electron chi connectivity index (χ4n) is 1.04. The molecule has 0 bridgehead atoms. The van der Waals surface area contributed by atoms with Crippen LogP contribution in [0.15, 0.2) is 24.8 Å². The van der Waals surface area contributed by atoms with E-state index in [9.17, 15) is 0 Å². The summed E-state index contributed by atoms with van der Waals surface area (Å²) in [7, 11) is 0. The van der Waals surface area contributed by atoms with Crippen LogP contribution in [-0.2, 0) is 0 Å². The molecule has 0 unspecified atom stereocenters. The number of ether oxygens (including phenoxy) is 2. The molecule has 1 radical (unpaired) electrons. The molecule has 1 aromatic carbocycles. The second kappa shape index (κ2) is 2.31. The fraction of sp³-hybridized carbons (Fsp3) is 0. The van der Waals surface area contributed by atoms with Crippen molar-refractivity contribution in [3.63, 3.8) is 0 Å². The third kappa shape index (κ3) is 0.871. The predicted octanol–water partition coefficient (Wildman–Crippen LogP) is 2.22. The summed E-state index contributed by atoms with van der Waals surface area (Å²) >= 11 is 0. The lowest BCUT2D eigenvalue weighted by molar-refractivity contribution is 0.270. The van der Waals surface area contributed by atoms with E-state index in [1.807, 2.05) is 18.2 Å². The Morgan fingerprint density at radius 1 is 1.27 bits per heavy atom. The highest BCUT2D eigenvalue weighted by Crippen LogP contribution is 2.36. The van der Waals surface area contributed by atoms with Gasteiger partial charge in [-0.25, -0.2) is 0 Å². The van der Waals surface area contributed by atoms with Gasteiger partial charge < -0.3 is 9.47 Å². The minimum atomic E-state index is 0.752. The lowest BCUT2D eigenvalue weighted by Crippen LogP contribution is -1.84. The quantitative estimate of drug-likeness (QED) is 0.606. The van der Waals surface area contributed by atoms with Gasteiger partial charge in [-0.1, -0.05) is 24.8 Å². The minimum absolute atomic E-state index is 0.752. The topological polar surface area (TPSA) is 18.5 Å². The molecule has 1 aromatic rings. The van der Waals surface area contributed by atoms with Crippen LogP contribution in [0, 0.1) is 6.79 Å². The molecule has 0 fully saturated rings. The van der Waals surface area contributed by atoms with E-state index < -0.39 is 0 Å². The summed E-state index contributed by atoms with van der Waals surface area (Å²) in [4.78, 5) is 0. The molecule has 0 spiro atoms. The van der Waals surface area contributed by atoms with Crippen LogP contribution >= 0.6 is 0 Å². The molecule has 2 heteroatoms. The third-order valence-electron chi connectivity index (χ3n) is 1.57. The van der Waals surface area contributed by atoms with Gasteiger partial charge in [0.05, 0.1) is 0 Å². The van der Waals surface area contributed by atoms with Crippen LogP contribution in [0.2, 0.25) is 0 Å². The zero-order valence-electron chi connectivity index (χ0n) is 5.91. The Labute approximate surface area is 65.1 Å². The summed E-state index contributed by atoms with van der Waals surface area (Å²) in [5.74, 6) is 1.50. The number of para-hydroxylation sites is 1. The van der Waals surface area contributed by atoms with Crippen LogP contribution in [0.4, 0.5) is 0 Å². The first-order chi connectivity index (χ1) is 5.42. The number of hydrogen-bond acceptors (Lipinski definition) is 2. The standard InChI is InChI=1S/C9H7O2/c1-2-7-4-3-5-8-9(7)11-6-10-8/h2-6H,1H2. The van der Waals surface area contributed by atoms with Crippen molar-refractivity contribution >= 4 is 6.08 Å². The molecule has 0 aromatic heterocycles. The van der Waals surface area contributed by atoms with E-state index >= 15 is 0 Å². The normalized spacial score (nSPS) is 13.1. The maximum atomic E-state index is 5.10. The van der Waals surface area contributed by atoms with Gasteiger partial charge in [-0.3, -0.25) is 0 Å². The SMILES string of the molecule is C=Cc1cccc2c1O[CH]O2. The van der Waals surface area contributed by atoms with Crippen molar-refractivity contribution in [2.45, 2.75) is 0 Å². The first-order valence-electron chi connectivity index (χ1n) is 3.32. The van der Waals surface area contributed by atoms with E-state index in [1.165, 1.54) is 6.79 Å². The van der Waals surface area contributed by atoms with E-state index in [2.05, 4.69) is 6.58 Å². The Balaban J connectivity index is 2.58. The second-order valence-electron chi connectivity index (χ2n) is 2.21. The summed E-state index contributed by atoms with van der Waals surface area (Å²) in [6.45, 7) is 4.98. The highest BCUT2D eigenvalue weighted by Gasteiger charge is 2.15. The van der Waals surface area contributed by atoms with E-state index in [0.717, 1.165) is 17.1 Å². The number of hydrogen-bond donors (Lipinski definition) is 0. The molecule has 1 aliphatic heterocycles. The van der Waals surface area contributed by atoms with Gasteiger partial charge in [0.2, 0.25) is 0 Å². The largest absolute Gasteiger partial charge is 0.444 e. The van der Waals surface area contributed by atoms with E-state index in [0.29, 0.717) is 0 Å². The van der Waals surface area contributed by atoms with Crippen LogP contribution in [0.1, 0.15) is 5.56 Å². The Bertz CT molecular complexity index is 292. The lowest BCUT2D eigenvalue weighted by atomic mass is 10.2. The summed E-state index contributed by atoms with van der Waals surface area (Å²) in [6.07, 6.45) is 1.74. The highest BCUT2D eigenvalue weighted by atomic mass is 16.7. The van der Waals surface area contributed by atoms with Gasteiger partial charge in [-0.05, 0) is 6.07 Å². The average Bonchev–Trinajstić information content (AvgIpc) is 2.50. The van der Waals surface area contributed by atoms with E-state index in [1.54, 1.807) is 6.08 Å². The monoisotopic (exact) mass is 147 g/mol. The third-order valence-corrected chi connectivity index (χ3v) is 1.57. The lowest BCUT2D eigenvalue weighted by Gasteiger charge is -1.97. The number of rotatable bonds is 1. The fourth-order valence-corrected chi connectivity index (χ4v) is 1.04. The van der Waals surface area contributed by atoms with Crippen molar-refractivity contribution in [2.24, 2.45) is 0 Å². The van der Waals surface area contributed by atoms with E-state index in [-0.39, 0.29) is 0 Å².